The first-order valence-corrected chi connectivity index (χ1v) is 16.3. The minimum Gasteiger partial charge on any atom is -0.254 e. The first-order valence-electron chi connectivity index (χ1n) is 16.3. The maximum atomic E-state index is 4.72. The molecule has 0 amide bonds. The first kappa shape index (κ1) is 35.5. The molecule has 0 aliphatic carbocycles. The van der Waals surface area contributed by atoms with Gasteiger partial charge in [0.25, 0.3) is 0 Å². The van der Waals surface area contributed by atoms with Gasteiger partial charge in [-0.25, -0.2) is 0 Å². The third-order valence-electron chi connectivity index (χ3n) is 7.19. The molecule has 2 bridgehead atoms. The van der Waals surface area contributed by atoms with Crippen LogP contribution < -0.4 is 10.4 Å². The second-order valence-electron chi connectivity index (χ2n) is 11.2. The monoisotopic (exact) mass is 603 g/mol. The Morgan fingerprint density at radius 1 is 0.739 bits per heavy atom. The van der Waals surface area contributed by atoms with Crippen LogP contribution in [-0.2, 0) is 0 Å². The van der Waals surface area contributed by atoms with Crippen LogP contribution in [0, 0.1) is 6.92 Å². The van der Waals surface area contributed by atoms with Gasteiger partial charge in [-0.3, -0.25) is 4.99 Å². The molecule has 0 aliphatic heterocycles. The van der Waals surface area contributed by atoms with Crippen molar-refractivity contribution in [2.75, 3.05) is 0 Å². The number of hydrogen-bond donors (Lipinski definition) is 0. The van der Waals surface area contributed by atoms with E-state index >= 15 is 0 Å². The normalized spacial score (nSPS) is 11.9. The van der Waals surface area contributed by atoms with Crippen LogP contribution in [0.4, 0.5) is 0 Å². The lowest BCUT2D eigenvalue weighted by atomic mass is 9.90. The number of hydrogen-bond acceptors (Lipinski definition) is 1. The van der Waals surface area contributed by atoms with Crippen LogP contribution in [0.3, 0.4) is 0 Å². The molecule has 0 aromatic heterocycles. The van der Waals surface area contributed by atoms with E-state index in [-0.39, 0.29) is 0 Å². The second-order valence-corrected chi connectivity index (χ2v) is 11.2. The summed E-state index contributed by atoms with van der Waals surface area (Å²) in [7, 11) is 0. The summed E-state index contributed by atoms with van der Waals surface area (Å²) in [5.41, 5.74) is 6.55. The van der Waals surface area contributed by atoms with E-state index in [1.807, 2.05) is 50.3 Å². The van der Waals surface area contributed by atoms with E-state index in [4.69, 9.17) is 4.99 Å². The Labute approximate surface area is 277 Å². The van der Waals surface area contributed by atoms with E-state index in [1.54, 1.807) is 0 Å². The summed E-state index contributed by atoms with van der Waals surface area (Å²) in [6.07, 6.45) is 12.3. The van der Waals surface area contributed by atoms with Crippen molar-refractivity contribution in [1.82, 2.24) is 0 Å². The summed E-state index contributed by atoms with van der Waals surface area (Å²) in [6.45, 7) is 20.5. The average molecular weight is 604 g/mol. The van der Waals surface area contributed by atoms with Crippen molar-refractivity contribution >= 4 is 39.4 Å². The molecule has 1 nitrogen and oxygen atoms in total. The van der Waals surface area contributed by atoms with Crippen LogP contribution >= 0.6 is 0 Å². The standard InChI is InChI=1S/C35H33N.C7H8.C3H8/c1-6-13-25(4)36-26(5)33-23-30-17-12-10-9-11-16-28-19-21-32(24-33)35(30)34(28)31-20-18-27(14-7-2)29(22-31)15-8-3;1-7-5-3-2-4-6-7;1-3-2/h6,8-24H,3-4,7H2,1-2,5H3;2-6H,1H3;3H2,1-2H3/b10-9?,11-9?,12-10?,13-6-,16-11?,17-12?,27-14-,28-16?,29-15-,30-17?,36-26?;;. The number of nitrogens with zero attached hydrogens (tertiary/aromatic N) is 1. The van der Waals surface area contributed by atoms with Crippen LogP contribution in [0.2, 0.25) is 0 Å². The molecule has 234 valence electrons. The van der Waals surface area contributed by atoms with Gasteiger partial charge < -0.3 is 0 Å². The summed E-state index contributed by atoms with van der Waals surface area (Å²) in [6, 6.07) is 38.7. The van der Waals surface area contributed by atoms with Gasteiger partial charge in [-0.2, -0.15) is 0 Å². The predicted octanol–water partition coefficient (Wildman–Crippen LogP) is 11.7. The van der Waals surface area contributed by atoms with Gasteiger partial charge in [-0.05, 0) is 100 Å². The Kier molecular flexibility index (Phi) is 14.4. The molecule has 5 aromatic rings. The Hall–Kier alpha value is -5.01. The first-order chi connectivity index (χ1) is 22.4. The summed E-state index contributed by atoms with van der Waals surface area (Å²) >= 11 is 0. The molecular formula is C45H49N. The fourth-order valence-electron chi connectivity index (χ4n) is 5.20. The van der Waals surface area contributed by atoms with E-state index in [0.29, 0.717) is 0 Å². The van der Waals surface area contributed by atoms with Crippen molar-refractivity contribution < 1.29 is 0 Å². The smallest absolute Gasteiger partial charge is 0.0558 e. The largest absolute Gasteiger partial charge is 0.254 e. The van der Waals surface area contributed by atoms with Crippen LogP contribution in [0.15, 0.2) is 151 Å². The fraction of sp³-hybridized carbons (Fsp3) is 0.178. The fourth-order valence-corrected chi connectivity index (χ4v) is 5.20. The number of fused-ring (bicyclic) bond motifs is 1. The third-order valence-corrected chi connectivity index (χ3v) is 7.19. The summed E-state index contributed by atoms with van der Waals surface area (Å²) < 4.78 is 0. The lowest BCUT2D eigenvalue weighted by molar-refractivity contribution is 1.09. The zero-order chi connectivity index (χ0) is 33.3. The highest BCUT2D eigenvalue weighted by atomic mass is 14.7. The van der Waals surface area contributed by atoms with Gasteiger partial charge >= 0.3 is 0 Å². The van der Waals surface area contributed by atoms with E-state index in [9.17, 15) is 0 Å². The second kappa shape index (κ2) is 18.7. The van der Waals surface area contributed by atoms with Gasteiger partial charge in [-0.15, -0.1) is 0 Å². The highest BCUT2D eigenvalue weighted by molar-refractivity contribution is 6.16. The third kappa shape index (κ3) is 10.0. The van der Waals surface area contributed by atoms with Gasteiger partial charge in [0, 0.05) is 5.71 Å². The number of aliphatic imine (C=N–C) groups is 1. The van der Waals surface area contributed by atoms with Crippen molar-refractivity contribution in [3.05, 3.63) is 168 Å². The minimum atomic E-state index is 0.751. The Morgan fingerprint density at radius 2 is 1.33 bits per heavy atom. The van der Waals surface area contributed by atoms with Crippen molar-refractivity contribution in [2.45, 2.75) is 54.4 Å². The number of rotatable bonds is 6. The Morgan fingerprint density at radius 3 is 1.91 bits per heavy atom. The highest BCUT2D eigenvalue weighted by Gasteiger charge is 2.12. The average Bonchev–Trinajstić information content (AvgIpc) is 3.04. The molecule has 0 spiro atoms. The number of aryl methyl sites for hydroxylation is 1. The molecule has 5 aromatic carbocycles. The molecule has 0 fully saturated rings. The lowest BCUT2D eigenvalue weighted by Gasteiger charge is -2.14. The number of benzene rings is 4. The summed E-state index contributed by atoms with van der Waals surface area (Å²) in [5, 5.41) is 7.21. The molecule has 0 radical (unpaired) electrons. The molecule has 5 rings (SSSR count). The maximum absolute atomic E-state index is 4.72. The van der Waals surface area contributed by atoms with E-state index < -0.39 is 0 Å². The topological polar surface area (TPSA) is 12.4 Å². The molecule has 0 saturated heterocycles. The zero-order valence-corrected chi connectivity index (χ0v) is 28.6. The van der Waals surface area contributed by atoms with Gasteiger partial charge in [0.2, 0.25) is 0 Å². The molecular weight excluding hydrogens is 555 g/mol. The molecule has 1 heteroatoms. The maximum Gasteiger partial charge on any atom is 0.0558 e. The van der Waals surface area contributed by atoms with Crippen molar-refractivity contribution in [3.8, 4) is 11.1 Å². The molecule has 0 saturated carbocycles. The summed E-state index contributed by atoms with van der Waals surface area (Å²) in [4.78, 5) is 4.72. The zero-order valence-electron chi connectivity index (χ0n) is 28.6. The molecule has 0 atom stereocenters. The van der Waals surface area contributed by atoms with Gasteiger partial charge in [-0.1, -0.05) is 161 Å². The van der Waals surface area contributed by atoms with Crippen molar-refractivity contribution in [2.24, 2.45) is 4.99 Å². The highest BCUT2D eigenvalue weighted by Crippen LogP contribution is 2.36. The van der Waals surface area contributed by atoms with Crippen LogP contribution in [0.25, 0.3) is 44.8 Å². The quantitative estimate of drug-likeness (QED) is 0.135. The number of allylic oxidation sites excluding steroid dienone is 3. The van der Waals surface area contributed by atoms with Gasteiger partial charge in [0.15, 0.2) is 0 Å². The van der Waals surface area contributed by atoms with Crippen molar-refractivity contribution in [3.63, 3.8) is 0 Å². The van der Waals surface area contributed by atoms with Crippen LogP contribution in [-0.4, -0.2) is 5.71 Å². The van der Waals surface area contributed by atoms with E-state index in [0.717, 1.165) is 23.4 Å². The molecule has 0 aliphatic rings. The predicted molar refractivity (Wildman–Crippen MR) is 208 cm³/mol. The Bertz CT molecular complexity index is 1970. The summed E-state index contributed by atoms with van der Waals surface area (Å²) in [5.74, 6) is 0. The Balaban J connectivity index is 0.000000495. The molecule has 0 N–H and O–H groups in total. The van der Waals surface area contributed by atoms with E-state index in [1.165, 1.54) is 55.1 Å². The van der Waals surface area contributed by atoms with Gasteiger partial charge in [0.1, 0.15) is 0 Å². The van der Waals surface area contributed by atoms with Crippen LogP contribution in [0.5, 0.6) is 0 Å². The van der Waals surface area contributed by atoms with E-state index in [2.05, 4.69) is 144 Å². The molecule has 0 unspecified atom stereocenters. The van der Waals surface area contributed by atoms with Crippen LogP contribution in [0.1, 0.15) is 58.6 Å². The lowest BCUT2D eigenvalue weighted by Crippen LogP contribution is -2.23. The van der Waals surface area contributed by atoms with Gasteiger partial charge in [0.05, 0.1) is 5.70 Å². The molecule has 46 heavy (non-hydrogen) atoms. The molecule has 0 heterocycles. The van der Waals surface area contributed by atoms with Crippen molar-refractivity contribution in [1.29, 1.82) is 0 Å². The SMILES string of the molecule is C=C/C=c1/cc(-c2c3ccccccc4cc(C(C)=NC(=C)/C=C\C)cc(cc3)c24)cc/c1=C/CC.CCC.Cc1ccccc1. The minimum absolute atomic E-state index is 0.751.